The number of methoxy groups -OCH3 is 1. The summed E-state index contributed by atoms with van der Waals surface area (Å²) in [6.45, 7) is 7.52. The molecule has 3 unspecified atom stereocenters. The van der Waals surface area contributed by atoms with Gasteiger partial charge in [-0.05, 0) is 27.2 Å². The minimum atomic E-state index is -0.403. The number of piperidine rings is 1. The fourth-order valence-electron chi connectivity index (χ4n) is 2.64. The van der Waals surface area contributed by atoms with E-state index in [0.717, 1.165) is 25.9 Å². The van der Waals surface area contributed by atoms with E-state index in [1.807, 2.05) is 20.8 Å². The summed E-state index contributed by atoms with van der Waals surface area (Å²) >= 11 is 0. The average molecular weight is 227 g/mol. The maximum atomic E-state index is 12.0. The summed E-state index contributed by atoms with van der Waals surface area (Å²) in [6.07, 6.45) is 1.81. The van der Waals surface area contributed by atoms with Gasteiger partial charge in [-0.1, -0.05) is 0 Å². The first-order chi connectivity index (χ1) is 7.35. The van der Waals surface area contributed by atoms with Gasteiger partial charge in [-0.2, -0.15) is 0 Å². The van der Waals surface area contributed by atoms with Gasteiger partial charge in [-0.15, -0.1) is 0 Å². The Morgan fingerprint density at radius 1 is 1.44 bits per heavy atom. The zero-order chi connectivity index (χ0) is 12.0. The van der Waals surface area contributed by atoms with Crippen molar-refractivity contribution in [3.8, 4) is 0 Å². The van der Waals surface area contributed by atoms with Crippen LogP contribution in [0.4, 0.5) is 0 Å². The minimum absolute atomic E-state index is 0.0957. The molecule has 2 aliphatic heterocycles. The number of esters is 1. The molecule has 0 amide bonds. The third-order valence-corrected chi connectivity index (χ3v) is 3.46. The quantitative estimate of drug-likeness (QED) is 0.664. The number of carbonyl (C=O) groups is 1. The van der Waals surface area contributed by atoms with Gasteiger partial charge in [0.05, 0.1) is 5.60 Å². The normalized spacial score (nSPS) is 37.8. The van der Waals surface area contributed by atoms with E-state index in [1.165, 1.54) is 0 Å². The van der Waals surface area contributed by atoms with Crippen LogP contribution in [0.3, 0.4) is 0 Å². The topological polar surface area (TPSA) is 38.8 Å². The van der Waals surface area contributed by atoms with Gasteiger partial charge in [0, 0.05) is 26.6 Å². The molecule has 2 saturated heterocycles. The Labute approximate surface area is 96.9 Å². The van der Waals surface area contributed by atoms with Gasteiger partial charge in [0.15, 0.2) is 0 Å². The first-order valence-corrected chi connectivity index (χ1v) is 5.87. The number of nitrogens with zero attached hydrogens (tertiary/aromatic N) is 1. The first-order valence-electron chi connectivity index (χ1n) is 5.87. The zero-order valence-corrected chi connectivity index (χ0v) is 10.6. The Kier molecular flexibility index (Phi) is 2.75. The molecule has 0 radical (unpaired) electrons. The van der Waals surface area contributed by atoms with Gasteiger partial charge in [-0.3, -0.25) is 9.69 Å². The standard InChI is InChI=1S/C12H21NO3/c1-11(2,3)16-10(14)9-7-12(15-4)5-6-13(9)8-12/h9H,5-8H2,1-4H3. The molecule has 0 N–H and O–H groups in total. The van der Waals surface area contributed by atoms with E-state index in [0.29, 0.717) is 0 Å². The second-order valence-corrected chi connectivity index (χ2v) is 5.86. The summed E-state index contributed by atoms with van der Waals surface area (Å²) in [5.74, 6) is -0.105. The molecule has 0 saturated carbocycles. The van der Waals surface area contributed by atoms with Gasteiger partial charge in [-0.25, -0.2) is 0 Å². The van der Waals surface area contributed by atoms with Crippen LogP contribution in [0.5, 0.6) is 0 Å². The fraction of sp³-hybridized carbons (Fsp3) is 0.917. The number of hydrogen-bond acceptors (Lipinski definition) is 4. The van der Waals surface area contributed by atoms with E-state index >= 15 is 0 Å². The van der Waals surface area contributed by atoms with Gasteiger partial charge in [0.1, 0.15) is 11.6 Å². The second-order valence-electron chi connectivity index (χ2n) is 5.86. The van der Waals surface area contributed by atoms with Gasteiger partial charge >= 0.3 is 5.97 Å². The lowest BCUT2D eigenvalue weighted by Crippen LogP contribution is -2.42. The molecule has 0 aliphatic carbocycles. The molecule has 3 atom stereocenters. The Morgan fingerprint density at radius 2 is 2.12 bits per heavy atom. The number of carbonyl (C=O) groups excluding carboxylic acids is 1. The number of rotatable bonds is 2. The van der Waals surface area contributed by atoms with Gasteiger partial charge in [0.25, 0.3) is 0 Å². The summed E-state index contributed by atoms with van der Waals surface area (Å²) < 4.78 is 11.0. The van der Waals surface area contributed by atoms with Gasteiger partial charge in [0.2, 0.25) is 0 Å². The zero-order valence-electron chi connectivity index (χ0n) is 10.6. The monoisotopic (exact) mass is 227 g/mol. The highest BCUT2D eigenvalue weighted by Crippen LogP contribution is 2.39. The van der Waals surface area contributed by atoms with E-state index in [-0.39, 0.29) is 17.6 Å². The van der Waals surface area contributed by atoms with Gasteiger partial charge < -0.3 is 9.47 Å². The molecule has 2 bridgehead atoms. The van der Waals surface area contributed by atoms with Crippen molar-refractivity contribution in [3.05, 3.63) is 0 Å². The molecular formula is C12H21NO3. The smallest absolute Gasteiger partial charge is 0.323 e. The molecule has 0 aromatic rings. The molecule has 2 fully saturated rings. The molecule has 0 aromatic carbocycles. The highest BCUT2D eigenvalue weighted by molar-refractivity contribution is 5.77. The van der Waals surface area contributed by atoms with Crippen LogP contribution in [0.15, 0.2) is 0 Å². The van der Waals surface area contributed by atoms with E-state index in [1.54, 1.807) is 7.11 Å². The molecule has 16 heavy (non-hydrogen) atoms. The summed E-state index contributed by atoms with van der Waals surface area (Å²) in [4.78, 5) is 14.2. The Morgan fingerprint density at radius 3 is 2.62 bits per heavy atom. The molecule has 2 aliphatic rings. The maximum Gasteiger partial charge on any atom is 0.323 e. The van der Waals surface area contributed by atoms with Crippen LogP contribution in [-0.4, -0.2) is 48.3 Å². The molecule has 4 heteroatoms. The second kappa shape index (κ2) is 3.70. The van der Waals surface area contributed by atoms with Crippen LogP contribution >= 0.6 is 0 Å². The number of hydrogen-bond donors (Lipinski definition) is 0. The van der Waals surface area contributed by atoms with Crippen molar-refractivity contribution in [3.63, 3.8) is 0 Å². The third kappa shape index (κ3) is 2.09. The van der Waals surface area contributed by atoms with E-state index < -0.39 is 5.60 Å². The minimum Gasteiger partial charge on any atom is -0.459 e. The summed E-state index contributed by atoms with van der Waals surface area (Å²) in [5, 5.41) is 0. The first kappa shape index (κ1) is 11.9. The van der Waals surface area contributed by atoms with E-state index in [2.05, 4.69) is 4.90 Å². The van der Waals surface area contributed by atoms with Crippen LogP contribution in [0.1, 0.15) is 33.6 Å². The Bertz CT molecular complexity index is 297. The van der Waals surface area contributed by atoms with Crippen molar-refractivity contribution >= 4 is 5.97 Å². The highest BCUT2D eigenvalue weighted by Gasteiger charge is 2.52. The van der Waals surface area contributed by atoms with Crippen molar-refractivity contribution < 1.29 is 14.3 Å². The largest absolute Gasteiger partial charge is 0.459 e. The number of fused-ring (bicyclic) bond motifs is 2. The lowest BCUT2D eigenvalue weighted by Gasteiger charge is -2.29. The van der Waals surface area contributed by atoms with Crippen LogP contribution in [0.2, 0.25) is 0 Å². The van der Waals surface area contributed by atoms with Crippen molar-refractivity contribution in [2.75, 3.05) is 20.2 Å². The molecule has 0 aromatic heterocycles. The number of ether oxygens (including phenoxy) is 2. The van der Waals surface area contributed by atoms with Crippen molar-refractivity contribution in [1.82, 2.24) is 4.90 Å². The molecule has 92 valence electrons. The Balaban J connectivity index is 2.01. The van der Waals surface area contributed by atoms with Crippen LogP contribution in [0.25, 0.3) is 0 Å². The van der Waals surface area contributed by atoms with Crippen molar-refractivity contribution in [2.24, 2.45) is 0 Å². The van der Waals surface area contributed by atoms with Crippen LogP contribution < -0.4 is 0 Å². The summed E-state index contributed by atoms with van der Waals surface area (Å²) in [5.41, 5.74) is -0.498. The lowest BCUT2D eigenvalue weighted by molar-refractivity contribution is -0.161. The highest BCUT2D eigenvalue weighted by atomic mass is 16.6. The predicted molar refractivity (Wildman–Crippen MR) is 60.2 cm³/mol. The summed E-state index contributed by atoms with van der Waals surface area (Å²) in [6, 6.07) is -0.104. The fourth-order valence-corrected chi connectivity index (χ4v) is 2.64. The molecular weight excluding hydrogens is 206 g/mol. The third-order valence-electron chi connectivity index (χ3n) is 3.46. The predicted octanol–water partition coefficient (Wildman–Crippen LogP) is 1.19. The van der Waals surface area contributed by atoms with E-state index in [4.69, 9.17) is 9.47 Å². The summed E-state index contributed by atoms with van der Waals surface area (Å²) in [7, 11) is 1.74. The molecule has 2 rings (SSSR count). The molecule has 2 heterocycles. The van der Waals surface area contributed by atoms with Crippen molar-refractivity contribution in [2.45, 2.75) is 50.9 Å². The van der Waals surface area contributed by atoms with Crippen molar-refractivity contribution in [1.29, 1.82) is 0 Å². The van der Waals surface area contributed by atoms with Crippen LogP contribution in [-0.2, 0) is 14.3 Å². The van der Waals surface area contributed by atoms with E-state index in [9.17, 15) is 4.79 Å². The maximum absolute atomic E-state index is 12.0. The molecule has 4 nitrogen and oxygen atoms in total. The van der Waals surface area contributed by atoms with Crippen LogP contribution in [0, 0.1) is 0 Å². The Hall–Kier alpha value is -0.610. The SMILES string of the molecule is COC12CCN(C1)C(C(=O)OC(C)(C)C)C2. The lowest BCUT2D eigenvalue weighted by atomic mass is 9.95. The molecule has 0 spiro atoms. The average Bonchev–Trinajstić information content (AvgIpc) is 2.72.